The summed E-state index contributed by atoms with van der Waals surface area (Å²) in [6.45, 7) is 7.82. The molecule has 0 amide bonds. The van der Waals surface area contributed by atoms with E-state index in [2.05, 4.69) is 53.3 Å². The van der Waals surface area contributed by atoms with Crippen LogP contribution in [-0.4, -0.2) is 45.1 Å². The van der Waals surface area contributed by atoms with E-state index in [1.54, 1.807) is 0 Å². The molecule has 0 atom stereocenters. The van der Waals surface area contributed by atoms with Gasteiger partial charge in [-0.3, -0.25) is 9.36 Å². The largest absolute Gasteiger partial charge is 0.351 e. The fraction of sp³-hybridized carbons (Fsp3) is 0.552. The van der Waals surface area contributed by atoms with Gasteiger partial charge >= 0.3 is 0 Å². The molecule has 0 bridgehead atoms. The van der Waals surface area contributed by atoms with E-state index in [9.17, 15) is 4.79 Å². The number of hydrogen-bond acceptors (Lipinski definition) is 5. The van der Waals surface area contributed by atoms with Gasteiger partial charge in [0.1, 0.15) is 5.65 Å². The Labute approximate surface area is 208 Å². The SMILES string of the molecule is CCCN1CCC(Nc2ncc3cc(Cc4ccc(CC)cc4)c(=O)n(C4CCCC4)c3n2)CC1. The predicted molar refractivity (Wildman–Crippen MR) is 143 cm³/mol. The highest BCUT2D eigenvalue weighted by Crippen LogP contribution is 2.31. The fourth-order valence-corrected chi connectivity index (χ4v) is 5.79. The Morgan fingerprint density at radius 2 is 1.71 bits per heavy atom. The molecule has 6 heteroatoms. The minimum atomic E-state index is 0.112. The van der Waals surface area contributed by atoms with Crippen molar-refractivity contribution < 1.29 is 0 Å². The summed E-state index contributed by atoms with van der Waals surface area (Å²) in [4.78, 5) is 25.9. The molecule has 6 nitrogen and oxygen atoms in total. The lowest BCUT2D eigenvalue weighted by Crippen LogP contribution is -2.39. The second-order valence-corrected chi connectivity index (χ2v) is 10.4. The van der Waals surface area contributed by atoms with Gasteiger partial charge < -0.3 is 10.2 Å². The van der Waals surface area contributed by atoms with Crippen molar-refractivity contribution in [1.29, 1.82) is 0 Å². The minimum absolute atomic E-state index is 0.112. The van der Waals surface area contributed by atoms with E-state index in [0.29, 0.717) is 18.4 Å². The van der Waals surface area contributed by atoms with E-state index >= 15 is 0 Å². The van der Waals surface area contributed by atoms with Gasteiger partial charge in [0.05, 0.1) is 0 Å². The summed E-state index contributed by atoms with van der Waals surface area (Å²) in [5.74, 6) is 0.653. The molecule has 1 N–H and O–H groups in total. The number of rotatable bonds is 8. The van der Waals surface area contributed by atoms with Gasteiger partial charge in [0.2, 0.25) is 5.95 Å². The second kappa shape index (κ2) is 10.9. The highest BCUT2D eigenvalue weighted by Gasteiger charge is 2.24. The van der Waals surface area contributed by atoms with Crippen molar-refractivity contribution in [3.63, 3.8) is 0 Å². The van der Waals surface area contributed by atoms with Gasteiger partial charge in [-0.25, -0.2) is 4.98 Å². The molecule has 2 aromatic heterocycles. The molecule has 1 saturated heterocycles. The number of nitrogens with zero attached hydrogens (tertiary/aromatic N) is 4. The quantitative estimate of drug-likeness (QED) is 0.478. The first-order chi connectivity index (χ1) is 17.1. The van der Waals surface area contributed by atoms with Gasteiger partial charge in [-0.05, 0) is 62.3 Å². The molecule has 2 aliphatic rings. The maximum absolute atomic E-state index is 13.8. The number of nitrogens with one attached hydrogen (secondary N) is 1. The van der Waals surface area contributed by atoms with Crippen LogP contribution in [0.15, 0.2) is 41.3 Å². The molecule has 0 unspecified atom stereocenters. The number of likely N-dealkylation sites (tertiary alicyclic amines) is 1. The molecule has 186 valence electrons. The number of pyridine rings is 1. The third-order valence-electron chi connectivity index (χ3n) is 7.82. The van der Waals surface area contributed by atoms with Crippen molar-refractivity contribution in [3.05, 3.63) is 63.6 Å². The van der Waals surface area contributed by atoms with Crippen LogP contribution in [0, 0.1) is 0 Å². The molecule has 1 aliphatic heterocycles. The zero-order valence-corrected chi connectivity index (χ0v) is 21.3. The average molecular weight is 474 g/mol. The Balaban J connectivity index is 1.44. The van der Waals surface area contributed by atoms with Crippen molar-refractivity contribution in [2.24, 2.45) is 0 Å². The third-order valence-corrected chi connectivity index (χ3v) is 7.82. The summed E-state index contributed by atoms with van der Waals surface area (Å²) in [5.41, 5.74) is 4.22. The topological polar surface area (TPSA) is 63.1 Å². The zero-order chi connectivity index (χ0) is 24.2. The number of anilines is 1. The van der Waals surface area contributed by atoms with Crippen molar-refractivity contribution in [1.82, 2.24) is 19.4 Å². The van der Waals surface area contributed by atoms with E-state index in [1.165, 1.54) is 36.9 Å². The van der Waals surface area contributed by atoms with Crippen LogP contribution < -0.4 is 10.9 Å². The number of hydrogen-bond donors (Lipinski definition) is 1. The van der Waals surface area contributed by atoms with Crippen molar-refractivity contribution in [3.8, 4) is 0 Å². The van der Waals surface area contributed by atoms with Crippen molar-refractivity contribution >= 4 is 17.0 Å². The van der Waals surface area contributed by atoms with Gasteiger partial charge in [-0.2, -0.15) is 4.98 Å². The first-order valence-corrected chi connectivity index (χ1v) is 13.6. The first kappa shape index (κ1) is 24.0. The molecule has 3 aromatic rings. The maximum Gasteiger partial charge on any atom is 0.256 e. The fourth-order valence-electron chi connectivity index (χ4n) is 5.79. The summed E-state index contributed by atoms with van der Waals surface area (Å²) in [6, 6.07) is 11.3. The van der Waals surface area contributed by atoms with Crippen LogP contribution in [0.4, 0.5) is 5.95 Å². The lowest BCUT2D eigenvalue weighted by atomic mass is 10.0. The van der Waals surface area contributed by atoms with E-state index in [1.807, 2.05) is 16.8 Å². The summed E-state index contributed by atoms with van der Waals surface area (Å²) in [6.07, 6.45) is 11.4. The van der Waals surface area contributed by atoms with Gasteiger partial charge in [-0.1, -0.05) is 51.0 Å². The highest BCUT2D eigenvalue weighted by atomic mass is 16.1. The van der Waals surface area contributed by atoms with Crippen LogP contribution >= 0.6 is 0 Å². The zero-order valence-electron chi connectivity index (χ0n) is 21.3. The Kier molecular flexibility index (Phi) is 7.47. The summed E-state index contributed by atoms with van der Waals surface area (Å²) < 4.78 is 1.99. The normalized spacial score (nSPS) is 17.9. The standard InChI is InChI=1S/C29H39N5O/c1-3-15-33-16-13-25(14-17-33)31-29-30-20-24-19-23(18-22-11-9-21(4-2)10-12-22)28(35)34(27(24)32-29)26-7-5-6-8-26/h9-12,19-20,25-26H,3-8,13-18H2,1-2H3,(H,30,31,32). The highest BCUT2D eigenvalue weighted by molar-refractivity contribution is 5.76. The summed E-state index contributed by atoms with van der Waals surface area (Å²) >= 11 is 0. The maximum atomic E-state index is 13.8. The molecular formula is C29H39N5O. The summed E-state index contributed by atoms with van der Waals surface area (Å²) in [7, 11) is 0. The smallest absolute Gasteiger partial charge is 0.256 e. The monoisotopic (exact) mass is 473 g/mol. The van der Waals surface area contributed by atoms with Crippen LogP contribution in [0.5, 0.6) is 0 Å². The lowest BCUT2D eigenvalue weighted by Gasteiger charge is -2.32. The van der Waals surface area contributed by atoms with Crippen molar-refractivity contribution in [2.75, 3.05) is 25.0 Å². The average Bonchev–Trinajstić information content (AvgIpc) is 3.41. The van der Waals surface area contributed by atoms with Gasteiger partial charge in [0.25, 0.3) is 5.56 Å². The van der Waals surface area contributed by atoms with Gasteiger partial charge in [0.15, 0.2) is 0 Å². The number of piperidine rings is 1. The van der Waals surface area contributed by atoms with Crippen LogP contribution in [0.3, 0.4) is 0 Å². The van der Waals surface area contributed by atoms with E-state index < -0.39 is 0 Å². The number of fused-ring (bicyclic) bond motifs is 1. The Morgan fingerprint density at radius 1 is 1.00 bits per heavy atom. The van der Waals surface area contributed by atoms with Crippen LogP contribution in [0.25, 0.3) is 11.0 Å². The molecule has 1 saturated carbocycles. The Hall–Kier alpha value is -2.73. The Bertz CT molecular complexity index is 1190. The minimum Gasteiger partial charge on any atom is -0.351 e. The van der Waals surface area contributed by atoms with Gasteiger partial charge in [-0.15, -0.1) is 0 Å². The predicted octanol–water partition coefficient (Wildman–Crippen LogP) is 5.35. The number of aromatic nitrogens is 3. The van der Waals surface area contributed by atoms with E-state index in [4.69, 9.17) is 4.98 Å². The van der Waals surface area contributed by atoms with Gasteiger partial charge in [0, 0.05) is 48.7 Å². The number of benzene rings is 1. The van der Waals surface area contributed by atoms with Crippen molar-refractivity contribution in [2.45, 2.75) is 83.7 Å². The molecule has 3 heterocycles. The second-order valence-electron chi connectivity index (χ2n) is 10.4. The Morgan fingerprint density at radius 3 is 2.40 bits per heavy atom. The van der Waals surface area contributed by atoms with Crippen LogP contribution in [-0.2, 0) is 12.8 Å². The number of aryl methyl sites for hydroxylation is 1. The molecule has 35 heavy (non-hydrogen) atoms. The molecule has 0 spiro atoms. The molecule has 1 aromatic carbocycles. The van der Waals surface area contributed by atoms with Crippen LogP contribution in [0.2, 0.25) is 0 Å². The lowest BCUT2D eigenvalue weighted by molar-refractivity contribution is 0.219. The molecular weight excluding hydrogens is 434 g/mol. The van der Waals surface area contributed by atoms with E-state index in [0.717, 1.165) is 61.8 Å². The first-order valence-electron chi connectivity index (χ1n) is 13.6. The van der Waals surface area contributed by atoms with E-state index in [-0.39, 0.29) is 11.6 Å². The van der Waals surface area contributed by atoms with Crippen LogP contribution in [0.1, 0.15) is 81.5 Å². The summed E-state index contributed by atoms with van der Waals surface area (Å²) in [5, 5.41) is 4.53. The molecule has 0 radical (unpaired) electrons. The molecule has 2 fully saturated rings. The molecule has 1 aliphatic carbocycles. The molecule has 5 rings (SSSR count). The third kappa shape index (κ3) is 5.43.